The predicted octanol–water partition coefficient (Wildman–Crippen LogP) is 5.59. The van der Waals surface area contributed by atoms with Crippen molar-refractivity contribution in [2.24, 2.45) is 0 Å². The Labute approximate surface area is 190 Å². The van der Waals surface area contributed by atoms with Crippen LogP contribution in [0.25, 0.3) is 10.2 Å². The first-order valence-corrected chi connectivity index (χ1v) is 12.1. The number of ether oxygens (including phenoxy) is 1. The normalized spacial score (nSPS) is 10.9. The summed E-state index contributed by atoms with van der Waals surface area (Å²) >= 11 is 3.19. The largest absolute Gasteiger partial charge is 0.492 e. The van der Waals surface area contributed by atoms with Gasteiger partial charge in [-0.05, 0) is 54.6 Å². The number of aromatic nitrogens is 2. The molecule has 4 aromatic rings. The van der Waals surface area contributed by atoms with E-state index in [1.54, 1.807) is 29.1 Å². The van der Waals surface area contributed by atoms with Crippen LogP contribution in [-0.4, -0.2) is 28.7 Å². The van der Waals surface area contributed by atoms with Crippen LogP contribution >= 0.6 is 23.1 Å². The highest BCUT2D eigenvalue weighted by atomic mass is 32.2. The highest BCUT2D eigenvalue weighted by molar-refractivity contribution is 7.98. The van der Waals surface area contributed by atoms with Crippen molar-refractivity contribution in [3.8, 4) is 5.75 Å². The summed E-state index contributed by atoms with van der Waals surface area (Å²) in [5.74, 6) is 0.738. The van der Waals surface area contributed by atoms with Crippen LogP contribution in [0.15, 0.2) is 71.9 Å². The van der Waals surface area contributed by atoms with Crippen molar-refractivity contribution in [1.29, 1.82) is 0 Å². The molecule has 0 bridgehead atoms. The van der Waals surface area contributed by atoms with Crippen LogP contribution < -0.4 is 9.64 Å². The summed E-state index contributed by atoms with van der Waals surface area (Å²) in [7, 11) is 0. The van der Waals surface area contributed by atoms with E-state index in [4.69, 9.17) is 9.72 Å². The van der Waals surface area contributed by atoms with Gasteiger partial charge in [-0.25, -0.2) is 4.98 Å². The average molecular weight is 450 g/mol. The van der Waals surface area contributed by atoms with Crippen LogP contribution in [0.3, 0.4) is 0 Å². The summed E-state index contributed by atoms with van der Waals surface area (Å²) in [5.41, 5.74) is 2.73. The van der Waals surface area contributed by atoms with Crippen molar-refractivity contribution in [1.82, 2.24) is 9.97 Å². The Morgan fingerprint density at radius 1 is 1.10 bits per heavy atom. The summed E-state index contributed by atoms with van der Waals surface area (Å²) in [6.07, 6.45) is 5.87. The van der Waals surface area contributed by atoms with Crippen molar-refractivity contribution < 1.29 is 9.53 Å². The minimum Gasteiger partial charge on any atom is -0.492 e. The van der Waals surface area contributed by atoms with Gasteiger partial charge >= 0.3 is 0 Å². The third kappa shape index (κ3) is 5.06. The lowest BCUT2D eigenvalue weighted by Gasteiger charge is -2.20. The van der Waals surface area contributed by atoms with Gasteiger partial charge in [-0.1, -0.05) is 35.6 Å². The molecule has 0 aliphatic carbocycles. The number of hydrogen-bond donors (Lipinski definition) is 0. The van der Waals surface area contributed by atoms with Gasteiger partial charge in [0.25, 0.3) is 0 Å². The topological polar surface area (TPSA) is 55.3 Å². The zero-order valence-corrected chi connectivity index (χ0v) is 19.1. The number of amides is 1. The van der Waals surface area contributed by atoms with Crippen LogP contribution in [0.5, 0.6) is 5.75 Å². The van der Waals surface area contributed by atoms with Crippen molar-refractivity contribution in [3.63, 3.8) is 0 Å². The van der Waals surface area contributed by atoms with Gasteiger partial charge in [-0.2, -0.15) is 0 Å². The Balaban J connectivity index is 1.67. The van der Waals surface area contributed by atoms with E-state index in [0.717, 1.165) is 27.1 Å². The van der Waals surface area contributed by atoms with Gasteiger partial charge < -0.3 is 4.74 Å². The highest BCUT2D eigenvalue weighted by Crippen LogP contribution is 2.35. The molecule has 2 aromatic carbocycles. The molecular weight excluding hydrogens is 426 g/mol. The number of thiazole rings is 1. The molecule has 2 heterocycles. The van der Waals surface area contributed by atoms with Crippen molar-refractivity contribution in [3.05, 3.63) is 78.1 Å². The molecule has 7 heteroatoms. The number of para-hydroxylation sites is 1. The Kier molecular flexibility index (Phi) is 6.84. The summed E-state index contributed by atoms with van der Waals surface area (Å²) in [4.78, 5) is 25.3. The second kappa shape index (κ2) is 9.94. The molecule has 2 aromatic heterocycles. The summed E-state index contributed by atoms with van der Waals surface area (Å²) in [6.45, 7) is 2.93. The van der Waals surface area contributed by atoms with Crippen LogP contribution in [0.1, 0.15) is 18.1 Å². The van der Waals surface area contributed by atoms with Crippen molar-refractivity contribution >= 4 is 44.4 Å². The van der Waals surface area contributed by atoms with E-state index < -0.39 is 0 Å². The van der Waals surface area contributed by atoms with E-state index in [1.807, 2.05) is 67.8 Å². The first-order chi connectivity index (χ1) is 15.2. The number of thioether (sulfide) groups is 1. The van der Waals surface area contributed by atoms with Crippen LogP contribution in [-0.2, 0) is 17.8 Å². The summed E-state index contributed by atoms with van der Waals surface area (Å²) in [5, 5.41) is 0.664. The van der Waals surface area contributed by atoms with E-state index >= 15 is 0 Å². The van der Waals surface area contributed by atoms with Gasteiger partial charge in [-0.15, -0.1) is 11.8 Å². The first-order valence-electron chi connectivity index (χ1n) is 10.0. The van der Waals surface area contributed by atoms with Crippen molar-refractivity contribution in [2.45, 2.75) is 24.8 Å². The number of carbonyl (C=O) groups excluding carboxylic acids is 1. The molecular formula is C24H23N3O2S2. The Morgan fingerprint density at radius 2 is 1.94 bits per heavy atom. The minimum absolute atomic E-state index is 0.00206. The van der Waals surface area contributed by atoms with Gasteiger partial charge in [0.15, 0.2) is 5.13 Å². The third-order valence-electron chi connectivity index (χ3n) is 4.78. The highest BCUT2D eigenvalue weighted by Gasteiger charge is 2.22. The first kappa shape index (κ1) is 21.3. The quantitative estimate of drug-likeness (QED) is 0.328. The molecule has 0 spiro atoms. The maximum absolute atomic E-state index is 13.4. The van der Waals surface area contributed by atoms with Gasteiger partial charge in [-0.3, -0.25) is 14.7 Å². The number of benzene rings is 2. The molecule has 0 atom stereocenters. The van der Waals surface area contributed by atoms with Gasteiger partial charge in [0, 0.05) is 17.3 Å². The van der Waals surface area contributed by atoms with Gasteiger partial charge in [0.05, 0.1) is 24.3 Å². The molecule has 31 heavy (non-hydrogen) atoms. The van der Waals surface area contributed by atoms with E-state index in [0.29, 0.717) is 24.7 Å². The van der Waals surface area contributed by atoms with E-state index in [-0.39, 0.29) is 5.91 Å². The molecule has 0 saturated heterocycles. The fourth-order valence-electron chi connectivity index (χ4n) is 3.25. The van der Waals surface area contributed by atoms with E-state index in [9.17, 15) is 4.79 Å². The number of carbonyl (C=O) groups is 1. The van der Waals surface area contributed by atoms with E-state index in [1.165, 1.54) is 16.2 Å². The maximum Gasteiger partial charge on any atom is 0.233 e. The average Bonchev–Trinajstić information content (AvgIpc) is 3.24. The number of pyridine rings is 1. The SMILES string of the molecule is CCOc1cccc2sc(N(Cc3cccnc3)C(=O)Cc3ccc(SC)cc3)nc12. The second-order valence-corrected chi connectivity index (χ2v) is 8.79. The summed E-state index contributed by atoms with van der Waals surface area (Å²) in [6, 6.07) is 17.8. The number of rotatable bonds is 8. The fourth-order valence-corrected chi connectivity index (χ4v) is 4.66. The molecule has 4 rings (SSSR count). The lowest BCUT2D eigenvalue weighted by molar-refractivity contribution is -0.118. The second-order valence-electron chi connectivity index (χ2n) is 6.90. The lowest BCUT2D eigenvalue weighted by atomic mass is 10.1. The maximum atomic E-state index is 13.4. The smallest absolute Gasteiger partial charge is 0.233 e. The number of nitrogens with zero attached hydrogens (tertiary/aromatic N) is 3. The zero-order chi connectivity index (χ0) is 21.6. The number of hydrogen-bond acceptors (Lipinski definition) is 6. The van der Waals surface area contributed by atoms with Gasteiger partial charge in [0.2, 0.25) is 5.91 Å². The molecule has 0 saturated carbocycles. The molecule has 0 fully saturated rings. The molecule has 0 N–H and O–H groups in total. The van der Waals surface area contributed by atoms with Gasteiger partial charge in [0.1, 0.15) is 11.3 Å². The summed E-state index contributed by atoms with van der Waals surface area (Å²) < 4.78 is 6.73. The van der Waals surface area contributed by atoms with Crippen LogP contribution in [0, 0.1) is 0 Å². The zero-order valence-electron chi connectivity index (χ0n) is 17.4. The molecule has 1 amide bonds. The Hall–Kier alpha value is -2.90. The minimum atomic E-state index is -0.00206. The molecule has 5 nitrogen and oxygen atoms in total. The monoisotopic (exact) mass is 449 g/mol. The molecule has 158 valence electrons. The van der Waals surface area contributed by atoms with Crippen LogP contribution in [0.2, 0.25) is 0 Å². The molecule has 0 aliphatic rings. The molecule has 0 radical (unpaired) electrons. The Morgan fingerprint density at radius 3 is 2.65 bits per heavy atom. The number of anilines is 1. The van der Waals surface area contributed by atoms with E-state index in [2.05, 4.69) is 4.98 Å². The molecule has 0 unspecified atom stereocenters. The predicted molar refractivity (Wildman–Crippen MR) is 128 cm³/mol. The molecule has 0 aliphatic heterocycles. The fraction of sp³-hybridized carbons (Fsp3) is 0.208. The van der Waals surface area contributed by atoms with Crippen molar-refractivity contribution in [2.75, 3.05) is 17.8 Å². The Bertz CT molecular complexity index is 1160. The standard InChI is InChI=1S/C24H23N3O2S2/c1-3-29-20-7-4-8-21-23(20)26-24(31-21)27(16-18-6-5-13-25-15-18)22(28)14-17-9-11-19(30-2)12-10-17/h4-13,15H,3,14,16H2,1-2H3. The lowest BCUT2D eigenvalue weighted by Crippen LogP contribution is -2.31. The van der Waals surface area contributed by atoms with Crippen LogP contribution in [0.4, 0.5) is 5.13 Å². The third-order valence-corrected chi connectivity index (χ3v) is 6.57. The number of fused-ring (bicyclic) bond motifs is 1.